The monoisotopic (exact) mass is 308 g/mol. The summed E-state index contributed by atoms with van der Waals surface area (Å²) in [5.41, 5.74) is 0.946. The Morgan fingerprint density at radius 1 is 1.36 bits per heavy atom. The predicted molar refractivity (Wildman–Crippen MR) is 81.6 cm³/mol. The van der Waals surface area contributed by atoms with E-state index < -0.39 is 6.10 Å². The molecule has 2 rings (SSSR count). The van der Waals surface area contributed by atoms with Crippen molar-refractivity contribution < 1.29 is 24.5 Å². The molecule has 1 fully saturated rings. The highest BCUT2D eigenvalue weighted by atomic mass is 16.5. The van der Waals surface area contributed by atoms with Gasteiger partial charge in [0.2, 0.25) is 0 Å². The van der Waals surface area contributed by atoms with Gasteiger partial charge in [-0.2, -0.15) is 0 Å². The van der Waals surface area contributed by atoms with Crippen LogP contribution in [0, 0.1) is 11.8 Å². The van der Waals surface area contributed by atoms with Crippen LogP contribution in [0.1, 0.15) is 25.3 Å². The molecule has 0 amide bonds. The Morgan fingerprint density at radius 2 is 2.09 bits per heavy atom. The van der Waals surface area contributed by atoms with Gasteiger partial charge < -0.3 is 19.7 Å². The van der Waals surface area contributed by atoms with E-state index in [0.717, 1.165) is 11.3 Å². The first-order valence-corrected chi connectivity index (χ1v) is 7.67. The fraction of sp³-hybridized carbons (Fsp3) is 0.588. The van der Waals surface area contributed by atoms with Gasteiger partial charge in [0.1, 0.15) is 11.9 Å². The number of methoxy groups -OCH3 is 1. The quantitative estimate of drug-likeness (QED) is 0.780. The summed E-state index contributed by atoms with van der Waals surface area (Å²) < 4.78 is 10.7. The number of carbonyl (C=O) groups is 1. The Labute approximate surface area is 130 Å². The first-order chi connectivity index (χ1) is 10.6. The molecule has 1 aliphatic rings. The second-order valence-electron chi connectivity index (χ2n) is 5.85. The molecule has 5 heteroatoms. The maximum absolute atomic E-state index is 11.3. The molecule has 0 bridgehead atoms. The molecule has 22 heavy (non-hydrogen) atoms. The van der Waals surface area contributed by atoms with Gasteiger partial charge in [0.05, 0.1) is 13.2 Å². The molecule has 0 spiro atoms. The highest BCUT2D eigenvalue weighted by Crippen LogP contribution is 2.35. The van der Waals surface area contributed by atoms with Crippen molar-refractivity contribution >= 4 is 5.97 Å². The Kier molecular flexibility index (Phi) is 5.80. The fourth-order valence-electron chi connectivity index (χ4n) is 3.02. The molecule has 1 aromatic carbocycles. The summed E-state index contributed by atoms with van der Waals surface area (Å²) in [6.45, 7) is 1.95. The fourth-order valence-corrected chi connectivity index (χ4v) is 3.02. The van der Waals surface area contributed by atoms with E-state index in [9.17, 15) is 15.0 Å². The number of rotatable bonds is 6. The second kappa shape index (κ2) is 7.61. The first-order valence-electron chi connectivity index (χ1n) is 7.67. The number of esters is 1. The number of benzene rings is 1. The molecule has 0 unspecified atom stereocenters. The minimum absolute atomic E-state index is 0.0355. The smallest absolute Gasteiger partial charge is 0.305 e. The van der Waals surface area contributed by atoms with Crippen molar-refractivity contribution in [1.29, 1.82) is 0 Å². The number of para-hydroxylation sites is 1. The lowest BCUT2D eigenvalue weighted by molar-refractivity contribution is -0.140. The van der Waals surface area contributed by atoms with E-state index in [1.165, 1.54) is 7.11 Å². The zero-order valence-corrected chi connectivity index (χ0v) is 13.1. The third-order valence-electron chi connectivity index (χ3n) is 4.52. The van der Waals surface area contributed by atoms with Crippen LogP contribution in [0.25, 0.3) is 0 Å². The molecule has 5 nitrogen and oxygen atoms in total. The van der Waals surface area contributed by atoms with Crippen LogP contribution in [-0.2, 0) is 16.0 Å². The highest BCUT2D eigenvalue weighted by molar-refractivity contribution is 5.69. The van der Waals surface area contributed by atoms with Crippen LogP contribution in [0.15, 0.2) is 24.3 Å². The van der Waals surface area contributed by atoms with E-state index in [1.807, 2.05) is 31.2 Å². The summed E-state index contributed by atoms with van der Waals surface area (Å²) in [5, 5.41) is 19.3. The molecular weight excluding hydrogens is 284 g/mol. The van der Waals surface area contributed by atoms with E-state index in [2.05, 4.69) is 4.74 Å². The van der Waals surface area contributed by atoms with E-state index in [0.29, 0.717) is 19.3 Å². The minimum Gasteiger partial charge on any atom is -0.490 e. The second-order valence-corrected chi connectivity index (χ2v) is 5.85. The zero-order valence-electron chi connectivity index (χ0n) is 13.1. The van der Waals surface area contributed by atoms with Crippen molar-refractivity contribution in [3.05, 3.63) is 29.8 Å². The molecule has 1 saturated carbocycles. The van der Waals surface area contributed by atoms with E-state index >= 15 is 0 Å². The van der Waals surface area contributed by atoms with Crippen LogP contribution in [0.4, 0.5) is 0 Å². The van der Waals surface area contributed by atoms with Crippen LogP contribution in [-0.4, -0.2) is 42.1 Å². The van der Waals surface area contributed by atoms with Gasteiger partial charge >= 0.3 is 5.97 Å². The first kappa shape index (κ1) is 16.8. The Hall–Kier alpha value is -1.59. The lowest BCUT2D eigenvalue weighted by Gasteiger charge is -2.22. The molecule has 0 aliphatic heterocycles. The van der Waals surface area contributed by atoms with Gasteiger partial charge in [0.25, 0.3) is 0 Å². The van der Waals surface area contributed by atoms with Gasteiger partial charge in [-0.1, -0.05) is 25.1 Å². The van der Waals surface area contributed by atoms with Crippen molar-refractivity contribution in [2.24, 2.45) is 11.8 Å². The number of hydrogen-bond acceptors (Lipinski definition) is 5. The van der Waals surface area contributed by atoms with Gasteiger partial charge in [0.15, 0.2) is 0 Å². The number of aryl methyl sites for hydroxylation is 1. The third kappa shape index (κ3) is 3.78. The molecule has 0 saturated heterocycles. The summed E-state index contributed by atoms with van der Waals surface area (Å²) in [4.78, 5) is 11.3. The summed E-state index contributed by atoms with van der Waals surface area (Å²) in [6.07, 6.45) is 0.700. The molecule has 1 aliphatic carbocycles. The van der Waals surface area contributed by atoms with E-state index in [1.54, 1.807) is 0 Å². The van der Waals surface area contributed by atoms with Gasteiger partial charge in [0, 0.05) is 31.3 Å². The summed E-state index contributed by atoms with van der Waals surface area (Å²) in [6, 6.07) is 7.59. The SMILES string of the molecule is COC(=O)CCc1ccccc1O[C@H]1C[C@@H](O)[C@H](CO)[C@H]1C. The Bertz CT molecular complexity index is 502. The number of aliphatic hydroxyl groups excluding tert-OH is 2. The Balaban J connectivity index is 2.05. The summed E-state index contributed by atoms with van der Waals surface area (Å²) in [5.74, 6) is 0.412. The third-order valence-corrected chi connectivity index (χ3v) is 4.52. The lowest BCUT2D eigenvalue weighted by atomic mass is 9.96. The van der Waals surface area contributed by atoms with Gasteiger partial charge in [-0.25, -0.2) is 0 Å². The molecule has 4 atom stereocenters. The van der Waals surface area contributed by atoms with Gasteiger partial charge in [-0.3, -0.25) is 4.79 Å². The number of aliphatic hydroxyl groups is 2. The zero-order chi connectivity index (χ0) is 16.1. The molecule has 1 aromatic rings. The largest absolute Gasteiger partial charge is 0.490 e. The van der Waals surface area contributed by atoms with E-state index in [-0.39, 0.29) is 30.5 Å². The topological polar surface area (TPSA) is 76.0 Å². The lowest BCUT2D eigenvalue weighted by Crippen LogP contribution is -2.25. The maximum Gasteiger partial charge on any atom is 0.305 e. The average molecular weight is 308 g/mol. The number of carbonyl (C=O) groups excluding carboxylic acids is 1. The average Bonchev–Trinajstić information content (AvgIpc) is 2.79. The highest BCUT2D eigenvalue weighted by Gasteiger charge is 2.40. The molecule has 2 N–H and O–H groups in total. The summed E-state index contributed by atoms with van der Waals surface area (Å²) >= 11 is 0. The standard InChI is InChI=1S/C17H24O5/c1-11-13(10-18)14(19)9-16(11)22-15-6-4-3-5-12(15)7-8-17(20)21-2/h3-6,11,13-14,16,18-19H,7-10H2,1-2H3/t11-,13-,14-,16+/m1/s1. The molecule has 0 radical (unpaired) electrons. The minimum atomic E-state index is -0.535. The van der Waals surface area contributed by atoms with Crippen LogP contribution in [0.5, 0.6) is 5.75 Å². The van der Waals surface area contributed by atoms with Crippen LogP contribution in [0.3, 0.4) is 0 Å². The van der Waals surface area contributed by atoms with Crippen molar-refractivity contribution in [2.75, 3.05) is 13.7 Å². The van der Waals surface area contributed by atoms with Crippen LogP contribution in [0.2, 0.25) is 0 Å². The molecule has 0 aromatic heterocycles. The van der Waals surface area contributed by atoms with Crippen molar-refractivity contribution in [2.45, 2.75) is 38.4 Å². The van der Waals surface area contributed by atoms with Crippen molar-refractivity contribution in [3.8, 4) is 5.75 Å². The van der Waals surface area contributed by atoms with Gasteiger partial charge in [-0.15, -0.1) is 0 Å². The normalized spacial score (nSPS) is 27.6. The predicted octanol–water partition coefficient (Wildman–Crippen LogP) is 1.55. The van der Waals surface area contributed by atoms with Crippen LogP contribution >= 0.6 is 0 Å². The number of hydrogen-bond donors (Lipinski definition) is 2. The van der Waals surface area contributed by atoms with E-state index in [4.69, 9.17) is 4.74 Å². The maximum atomic E-state index is 11.3. The van der Waals surface area contributed by atoms with Crippen LogP contribution < -0.4 is 4.74 Å². The van der Waals surface area contributed by atoms with Crippen molar-refractivity contribution in [3.63, 3.8) is 0 Å². The van der Waals surface area contributed by atoms with Gasteiger partial charge in [-0.05, 0) is 18.1 Å². The molecule has 122 valence electrons. The Morgan fingerprint density at radius 3 is 2.73 bits per heavy atom. The number of ether oxygens (including phenoxy) is 2. The molecular formula is C17H24O5. The molecule has 0 heterocycles. The van der Waals surface area contributed by atoms with Crippen molar-refractivity contribution in [1.82, 2.24) is 0 Å². The summed E-state index contributed by atoms with van der Waals surface area (Å²) in [7, 11) is 1.38.